The number of para-hydroxylation sites is 1. The van der Waals surface area contributed by atoms with E-state index in [-0.39, 0.29) is 16.8 Å². The lowest BCUT2D eigenvalue weighted by atomic mass is 10.3. The summed E-state index contributed by atoms with van der Waals surface area (Å²) < 4.78 is 32.7. The average Bonchev–Trinajstić information content (AvgIpc) is 3.39. The lowest BCUT2D eigenvalue weighted by Gasteiger charge is -2.15. The van der Waals surface area contributed by atoms with E-state index in [4.69, 9.17) is 4.74 Å². The van der Waals surface area contributed by atoms with Gasteiger partial charge in [-0.2, -0.15) is 0 Å². The van der Waals surface area contributed by atoms with Gasteiger partial charge < -0.3 is 10.1 Å². The highest BCUT2D eigenvalue weighted by Crippen LogP contribution is 2.23. The van der Waals surface area contributed by atoms with E-state index in [1.807, 2.05) is 18.2 Å². The maximum absolute atomic E-state index is 12.3. The van der Waals surface area contributed by atoms with Crippen LogP contribution in [0.25, 0.3) is 0 Å². The van der Waals surface area contributed by atoms with Crippen LogP contribution in [-0.2, 0) is 14.8 Å². The van der Waals surface area contributed by atoms with Crippen molar-refractivity contribution < 1.29 is 17.9 Å². The van der Waals surface area contributed by atoms with Crippen molar-refractivity contribution in [3.63, 3.8) is 0 Å². The Labute approximate surface area is 147 Å². The van der Waals surface area contributed by atoms with Crippen LogP contribution in [0, 0.1) is 0 Å². The first kappa shape index (κ1) is 17.4. The number of rotatable bonds is 7. The van der Waals surface area contributed by atoms with Crippen LogP contribution < -0.4 is 14.8 Å². The van der Waals surface area contributed by atoms with E-state index in [1.54, 1.807) is 31.2 Å². The van der Waals surface area contributed by atoms with Gasteiger partial charge in [-0.25, -0.2) is 13.1 Å². The number of ether oxygens (including phenoxy) is 1. The summed E-state index contributed by atoms with van der Waals surface area (Å²) in [6.07, 6.45) is 1.01. The van der Waals surface area contributed by atoms with Crippen LogP contribution in [0.15, 0.2) is 59.5 Å². The molecule has 2 aromatic carbocycles. The van der Waals surface area contributed by atoms with Crippen molar-refractivity contribution in [1.29, 1.82) is 0 Å². The Bertz CT molecular complexity index is 848. The third-order valence-electron chi connectivity index (χ3n) is 3.74. The summed E-state index contributed by atoms with van der Waals surface area (Å²) in [5, 5.41) is 2.69. The van der Waals surface area contributed by atoms with Gasteiger partial charge in [-0.1, -0.05) is 24.3 Å². The van der Waals surface area contributed by atoms with Crippen LogP contribution in [0.5, 0.6) is 5.75 Å². The monoisotopic (exact) mass is 360 g/mol. The molecule has 0 aliphatic heterocycles. The number of hydrogen-bond acceptors (Lipinski definition) is 4. The van der Waals surface area contributed by atoms with Gasteiger partial charge in [0.25, 0.3) is 5.91 Å². The minimum absolute atomic E-state index is 0.0301. The molecule has 0 bridgehead atoms. The summed E-state index contributed by atoms with van der Waals surface area (Å²) in [6, 6.07) is 15.2. The van der Waals surface area contributed by atoms with Crippen molar-refractivity contribution in [3.8, 4) is 5.75 Å². The van der Waals surface area contributed by atoms with E-state index in [0.717, 1.165) is 12.8 Å². The first-order valence-electron chi connectivity index (χ1n) is 8.09. The Morgan fingerprint density at radius 1 is 1.12 bits per heavy atom. The fraction of sp³-hybridized carbons (Fsp3) is 0.278. The number of nitrogens with one attached hydrogen (secondary N) is 2. The van der Waals surface area contributed by atoms with Gasteiger partial charge in [0.1, 0.15) is 5.75 Å². The smallest absolute Gasteiger partial charge is 0.265 e. The molecular formula is C18H20N2O4S. The fourth-order valence-corrected chi connectivity index (χ4v) is 3.58. The molecule has 132 valence electrons. The third-order valence-corrected chi connectivity index (χ3v) is 5.25. The topological polar surface area (TPSA) is 84.5 Å². The Balaban J connectivity index is 1.66. The highest BCUT2D eigenvalue weighted by Gasteiger charge is 2.28. The first-order valence-corrected chi connectivity index (χ1v) is 9.57. The normalized spacial score (nSPS) is 15.4. The van der Waals surface area contributed by atoms with Gasteiger partial charge >= 0.3 is 0 Å². The summed E-state index contributed by atoms with van der Waals surface area (Å²) in [5.41, 5.74) is 0.409. The molecular weight excluding hydrogens is 340 g/mol. The summed E-state index contributed by atoms with van der Waals surface area (Å²) in [6.45, 7) is 1.64. The zero-order chi connectivity index (χ0) is 17.9. The minimum atomic E-state index is -3.56. The molecule has 1 saturated carbocycles. The average molecular weight is 360 g/mol. The fourth-order valence-electron chi connectivity index (χ4n) is 2.23. The Morgan fingerprint density at radius 3 is 2.52 bits per heavy atom. The molecule has 0 saturated heterocycles. The van der Waals surface area contributed by atoms with Gasteiger partial charge in [-0.15, -0.1) is 0 Å². The lowest BCUT2D eigenvalue weighted by Crippen LogP contribution is -2.30. The van der Waals surface area contributed by atoms with E-state index < -0.39 is 16.1 Å². The molecule has 2 aromatic rings. The number of anilines is 1. The highest BCUT2D eigenvalue weighted by atomic mass is 32.2. The highest BCUT2D eigenvalue weighted by molar-refractivity contribution is 7.89. The standard InChI is InChI=1S/C18H20N2O4S/c1-13(24-16-7-3-2-4-8-16)18(21)19-15-6-5-9-17(12-15)25(22,23)20-14-10-11-14/h2-9,12-14,20H,10-11H2,1H3,(H,19,21). The SMILES string of the molecule is CC(Oc1ccccc1)C(=O)Nc1cccc(S(=O)(=O)NC2CC2)c1. The molecule has 6 nitrogen and oxygen atoms in total. The van der Waals surface area contributed by atoms with Crippen molar-refractivity contribution >= 4 is 21.6 Å². The second kappa shape index (κ2) is 7.25. The van der Waals surface area contributed by atoms with Crippen molar-refractivity contribution in [1.82, 2.24) is 4.72 Å². The Kier molecular flexibility index (Phi) is 5.06. The number of benzene rings is 2. The molecule has 1 unspecified atom stereocenters. The van der Waals surface area contributed by atoms with E-state index in [1.165, 1.54) is 12.1 Å². The summed E-state index contributed by atoms with van der Waals surface area (Å²) in [5.74, 6) is 0.240. The van der Waals surface area contributed by atoms with Crippen LogP contribution in [0.4, 0.5) is 5.69 Å². The van der Waals surface area contributed by atoms with Gasteiger partial charge in [-0.05, 0) is 50.1 Å². The minimum Gasteiger partial charge on any atom is -0.481 e. The summed E-state index contributed by atoms with van der Waals surface area (Å²) in [7, 11) is -3.56. The zero-order valence-electron chi connectivity index (χ0n) is 13.8. The molecule has 1 fully saturated rings. The maximum Gasteiger partial charge on any atom is 0.265 e. The number of amides is 1. The molecule has 3 rings (SSSR count). The number of carbonyl (C=O) groups excluding carboxylic acids is 1. The predicted octanol–water partition coefficient (Wildman–Crippen LogP) is 2.53. The lowest BCUT2D eigenvalue weighted by molar-refractivity contribution is -0.122. The molecule has 1 aliphatic carbocycles. The maximum atomic E-state index is 12.3. The molecule has 2 N–H and O–H groups in total. The molecule has 1 amide bonds. The second-order valence-electron chi connectivity index (χ2n) is 5.99. The molecule has 0 aromatic heterocycles. The third kappa shape index (κ3) is 4.80. The molecule has 1 atom stereocenters. The van der Waals surface area contributed by atoms with E-state index in [9.17, 15) is 13.2 Å². The van der Waals surface area contributed by atoms with Gasteiger partial charge in [0.05, 0.1) is 4.90 Å². The van der Waals surface area contributed by atoms with Crippen molar-refractivity contribution in [2.24, 2.45) is 0 Å². The van der Waals surface area contributed by atoms with Crippen LogP contribution in [0.2, 0.25) is 0 Å². The number of carbonyl (C=O) groups is 1. The van der Waals surface area contributed by atoms with Crippen molar-refractivity contribution in [2.45, 2.75) is 36.8 Å². The van der Waals surface area contributed by atoms with Crippen LogP contribution >= 0.6 is 0 Å². The van der Waals surface area contributed by atoms with Gasteiger partial charge in [-0.3, -0.25) is 4.79 Å². The van der Waals surface area contributed by atoms with Gasteiger partial charge in [0.2, 0.25) is 10.0 Å². The molecule has 0 heterocycles. The molecule has 1 aliphatic rings. The Morgan fingerprint density at radius 2 is 1.84 bits per heavy atom. The number of sulfonamides is 1. The van der Waals surface area contributed by atoms with Crippen LogP contribution in [0.1, 0.15) is 19.8 Å². The molecule has 7 heteroatoms. The summed E-state index contributed by atoms with van der Waals surface area (Å²) in [4.78, 5) is 12.4. The molecule has 0 radical (unpaired) electrons. The quantitative estimate of drug-likeness (QED) is 0.795. The van der Waals surface area contributed by atoms with Gasteiger partial charge in [0.15, 0.2) is 6.10 Å². The van der Waals surface area contributed by atoms with E-state index >= 15 is 0 Å². The second-order valence-corrected chi connectivity index (χ2v) is 7.70. The first-order chi connectivity index (χ1) is 11.9. The van der Waals surface area contributed by atoms with E-state index in [0.29, 0.717) is 11.4 Å². The zero-order valence-corrected chi connectivity index (χ0v) is 14.6. The number of hydrogen-bond donors (Lipinski definition) is 2. The van der Waals surface area contributed by atoms with Crippen molar-refractivity contribution in [3.05, 3.63) is 54.6 Å². The van der Waals surface area contributed by atoms with Crippen molar-refractivity contribution in [2.75, 3.05) is 5.32 Å². The molecule has 25 heavy (non-hydrogen) atoms. The predicted molar refractivity (Wildman–Crippen MR) is 94.9 cm³/mol. The largest absolute Gasteiger partial charge is 0.481 e. The van der Waals surface area contributed by atoms with E-state index in [2.05, 4.69) is 10.0 Å². The summed E-state index contributed by atoms with van der Waals surface area (Å²) >= 11 is 0. The van der Waals surface area contributed by atoms with Crippen LogP contribution in [-0.4, -0.2) is 26.5 Å². The van der Waals surface area contributed by atoms with Gasteiger partial charge in [0, 0.05) is 11.7 Å². The molecule has 0 spiro atoms. The van der Waals surface area contributed by atoms with Crippen LogP contribution in [0.3, 0.4) is 0 Å². The Hall–Kier alpha value is -2.38.